The Labute approximate surface area is 546 Å². The van der Waals surface area contributed by atoms with E-state index in [1.807, 2.05) is 41.5 Å². The fraction of sp³-hybridized carbons (Fsp3) is 0.615. The molecule has 0 aromatic heterocycles. The second-order valence-electron chi connectivity index (χ2n) is 22.9. The molecule has 10 amide bonds. The Morgan fingerprint density at radius 1 is 0.511 bits per heavy atom. The van der Waals surface area contributed by atoms with E-state index in [-0.39, 0.29) is 130 Å². The zero-order valence-electron chi connectivity index (χ0n) is 51.9. The maximum Gasteiger partial charge on any atom is 0.341 e. The van der Waals surface area contributed by atoms with Crippen LogP contribution in [0.15, 0.2) is 12.1 Å². The Hall–Kier alpha value is -4.60. The molecule has 2 aliphatic heterocycles. The number of hydrogen-bond donors (Lipinski definition) is 14. The maximum absolute atomic E-state index is 15.0. The van der Waals surface area contributed by atoms with Gasteiger partial charge in [0.2, 0.25) is 35.4 Å². The van der Waals surface area contributed by atoms with Crippen molar-refractivity contribution in [3.8, 4) is 11.5 Å². The van der Waals surface area contributed by atoms with E-state index in [9.17, 15) is 95.8 Å². The molecule has 0 saturated carbocycles. The van der Waals surface area contributed by atoms with Gasteiger partial charge in [0.1, 0.15) is 35.7 Å². The van der Waals surface area contributed by atoms with Crippen LogP contribution in [-0.4, -0.2) is 204 Å². The van der Waals surface area contributed by atoms with E-state index < -0.39 is 137 Å². The average molecular weight is 1450 g/mol. The Balaban J connectivity index is 1.61. The molecule has 0 bridgehead atoms. The highest BCUT2D eigenvalue weighted by atomic mass is 33.1. The van der Waals surface area contributed by atoms with Crippen LogP contribution < -0.4 is 41.4 Å². The maximum atomic E-state index is 15.0. The van der Waals surface area contributed by atoms with Gasteiger partial charge in [-0.25, -0.2) is 0 Å². The predicted molar refractivity (Wildman–Crippen MR) is 345 cm³/mol. The van der Waals surface area contributed by atoms with Crippen LogP contribution in [0.2, 0.25) is 0 Å². The van der Waals surface area contributed by atoms with Gasteiger partial charge < -0.3 is 80.5 Å². The van der Waals surface area contributed by atoms with Gasteiger partial charge in [0.15, 0.2) is 10.8 Å². The van der Waals surface area contributed by atoms with Crippen molar-refractivity contribution in [3.05, 3.63) is 34.4 Å². The van der Waals surface area contributed by atoms with Crippen LogP contribution in [0.1, 0.15) is 148 Å². The SMILES string of the molecule is CCOc1cc2c3c(c(OCC)cc4c3c1C(=O)N([C@@H](CCCCNC(=O)[C@H](CSSC(C)(C)C)NC(=O)CC(P(=O)(O)O)P(=O)(O)O)C(=O)NC)C4=O)C(=O)N([C@@H](CCCCNC(=O)[C@H](CSSC(C)(C)C)NC(=O)CC(P(=O)(O)O)P(=O)(O)O)C(=O)NC)C2=O. The summed E-state index contributed by atoms with van der Waals surface area (Å²) in [5.74, 6) is -10.5. The first-order valence-electron chi connectivity index (χ1n) is 28.5. The van der Waals surface area contributed by atoms with Crippen LogP contribution in [-0.2, 0) is 47.0 Å². The number of carbonyl (C=O) groups is 10. The molecule has 32 nitrogen and oxygen atoms in total. The lowest BCUT2D eigenvalue weighted by atomic mass is 9.83. The summed E-state index contributed by atoms with van der Waals surface area (Å²) in [5, 5.41) is 9.06. The molecule has 0 unspecified atom stereocenters. The van der Waals surface area contributed by atoms with Crippen molar-refractivity contribution in [3.63, 3.8) is 0 Å². The molecule has 4 atom stereocenters. The van der Waals surface area contributed by atoms with E-state index in [1.54, 1.807) is 13.8 Å². The smallest absolute Gasteiger partial charge is 0.341 e. The lowest BCUT2D eigenvalue weighted by molar-refractivity contribution is -0.128. The van der Waals surface area contributed by atoms with E-state index in [2.05, 4.69) is 31.9 Å². The second-order valence-corrected chi connectivity index (χ2v) is 37.3. The minimum atomic E-state index is -5.49. The standard InChI is InChI=1S/C52H80N8O24P4S4/c1-11-83-33-21-27-40-39-28(48(68)59(49(69)41(33)39)31(45(65)53-9)17-13-15-19-55-43(63)29(25-89-91-51(3,4)5)57-35(61)23-37(85(71,72)73)86(74,75)76)22-34(84-12-2)42(40)50(70)60(47(27)67)32(46(66)54-10)18-14-16-20-56-44(64)30(26-90-92-52(6,7)8)58-36(62)24-38(87(77,78)79)88(80,81)82/h21-22,29-32,37-38H,11-20,23-26H2,1-10H3,(H,53,65)(H,54,66)(H,55,63)(H,56,64)(H,57,61)(H,58,62)(H2,71,72,73)(H2,74,75,76)(H2,77,78,79)(H2,80,81,82)/t29-,30-,31-,32-/m0/s1. The molecule has 2 aliphatic rings. The highest BCUT2D eigenvalue weighted by molar-refractivity contribution is 8.77. The van der Waals surface area contributed by atoms with Gasteiger partial charge in [-0.05, 0) is 64.5 Å². The second kappa shape index (κ2) is 33.4. The molecule has 0 spiro atoms. The van der Waals surface area contributed by atoms with Crippen molar-refractivity contribution in [2.75, 3.05) is 51.9 Å². The van der Waals surface area contributed by atoms with Gasteiger partial charge in [-0.1, -0.05) is 84.7 Å². The van der Waals surface area contributed by atoms with Crippen molar-refractivity contribution in [2.24, 2.45) is 0 Å². The predicted octanol–water partition coefficient (Wildman–Crippen LogP) is 3.10. The van der Waals surface area contributed by atoms with Crippen LogP contribution >= 0.6 is 73.6 Å². The molecular formula is C52H80N8O24P4S4. The number of unbranched alkanes of at least 4 members (excludes halogenated alkanes) is 2. The largest absolute Gasteiger partial charge is 0.493 e. The number of imide groups is 2. The summed E-state index contributed by atoms with van der Waals surface area (Å²) in [6.45, 7) is 13.9. The summed E-state index contributed by atoms with van der Waals surface area (Å²) in [6, 6.07) is -3.45. The molecular weight excluding hydrogens is 1370 g/mol. The number of ether oxygens (including phenoxy) is 2. The van der Waals surface area contributed by atoms with E-state index in [4.69, 9.17) is 9.47 Å². The molecule has 2 aromatic carbocycles. The van der Waals surface area contributed by atoms with E-state index in [0.717, 1.165) is 0 Å². The van der Waals surface area contributed by atoms with Crippen LogP contribution in [0.5, 0.6) is 11.5 Å². The number of likely N-dealkylation sites (N-methyl/N-ethyl adjacent to an activating group) is 2. The number of carbonyl (C=O) groups excluding carboxylic acids is 10. The molecule has 0 radical (unpaired) electrons. The first-order valence-corrected chi connectivity index (χ1v) is 39.9. The molecule has 516 valence electrons. The highest BCUT2D eigenvalue weighted by Gasteiger charge is 2.50. The first-order chi connectivity index (χ1) is 42.4. The van der Waals surface area contributed by atoms with Crippen LogP contribution in [0, 0.1) is 0 Å². The topological polar surface area (TPSA) is 498 Å². The number of hydrogen-bond acceptors (Lipinski definition) is 20. The zero-order chi connectivity index (χ0) is 69.8. The van der Waals surface area contributed by atoms with Gasteiger partial charge in [-0.2, -0.15) is 0 Å². The third kappa shape index (κ3) is 21.7. The van der Waals surface area contributed by atoms with E-state index in [1.165, 1.54) is 69.4 Å². The van der Waals surface area contributed by atoms with Gasteiger partial charge in [-0.3, -0.25) is 76.0 Å². The number of nitrogens with one attached hydrogen (secondary N) is 6. The van der Waals surface area contributed by atoms with Crippen molar-refractivity contribution in [2.45, 2.75) is 151 Å². The van der Waals surface area contributed by atoms with E-state index in [0.29, 0.717) is 9.80 Å². The van der Waals surface area contributed by atoms with Crippen molar-refractivity contribution in [1.82, 2.24) is 41.7 Å². The zero-order valence-corrected chi connectivity index (χ0v) is 58.8. The van der Waals surface area contributed by atoms with E-state index >= 15 is 9.59 Å². The van der Waals surface area contributed by atoms with Gasteiger partial charge in [0, 0.05) is 59.0 Å². The molecule has 4 rings (SSSR count). The van der Waals surface area contributed by atoms with Crippen molar-refractivity contribution >= 4 is 143 Å². The van der Waals surface area contributed by atoms with Gasteiger partial charge >= 0.3 is 30.4 Å². The number of nitrogens with zero attached hydrogens (tertiary/aromatic N) is 2. The van der Waals surface area contributed by atoms with Gasteiger partial charge in [0.05, 0.1) is 48.3 Å². The Bertz CT molecular complexity index is 3090. The van der Waals surface area contributed by atoms with Crippen molar-refractivity contribution in [1.29, 1.82) is 0 Å². The van der Waals surface area contributed by atoms with Crippen LogP contribution in [0.25, 0.3) is 10.8 Å². The molecule has 2 heterocycles. The molecule has 0 aliphatic carbocycles. The summed E-state index contributed by atoms with van der Waals surface area (Å²) in [7, 11) is -14.4. The van der Waals surface area contributed by atoms with Crippen LogP contribution in [0.4, 0.5) is 0 Å². The molecule has 2 aromatic rings. The number of benzene rings is 2. The van der Waals surface area contributed by atoms with Crippen LogP contribution in [0.3, 0.4) is 0 Å². The summed E-state index contributed by atoms with van der Waals surface area (Å²) >= 11 is 0. The third-order valence-corrected chi connectivity index (χ3v) is 27.6. The first kappa shape index (κ1) is 79.8. The summed E-state index contributed by atoms with van der Waals surface area (Å²) in [6.07, 6.45) is -2.77. The monoisotopic (exact) mass is 1450 g/mol. The van der Waals surface area contributed by atoms with Crippen molar-refractivity contribution < 1.29 is 115 Å². The number of amides is 10. The molecule has 0 saturated heterocycles. The highest BCUT2D eigenvalue weighted by Crippen LogP contribution is 2.62. The molecule has 40 heteroatoms. The number of rotatable bonds is 36. The fourth-order valence-electron chi connectivity index (χ4n) is 9.45. The summed E-state index contributed by atoms with van der Waals surface area (Å²) < 4.78 is 58.9. The lowest BCUT2D eigenvalue weighted by Crippen LogP contribution is -2.54. The summed E-state index contributed by atoms with van der Waals surface area (Å²) in [4.78, 5) is 219. The average Bonchev–Trinajstić information content (AvgIpc) is 0.697. The minimum Gasteiger partial charge on any atom is -0.493 e. The molecule has 0 fully saturated rings. The molecule has 14 N–H and O–H groups in total. The minimum absolute atomic E-state index is 0.0461. The fourth-order valence-corrected chi connectivity index (χ4v) is 19.1. The Kier molecular flexibility index (Phi) is 29.0. The Morgan fingerprint density at radius 3 is 1.10 bits per heavy atom. The third-order valence-electron chi connectivity index (χ3n) is 13.5. The lowest BCUT2D eigenvalue weighted by Gasteiger charge is -2.37. The Morgan fingerprint density at radius 2 is 0.826 bits per heavy atom. The van der Waals surface area contributed by atoms with Gasteiger partial charge in [0.25, 0.3) is 23.6 Å². The molecule has 92 heavy (non-hydrogen) atoms. The normalized spacial score (nSPS) is 15.3. The quantitative estimate of drug-likeness (QED) is 0.0202. The summed E-state index contributed by atoms with van der Waals surface area (Å²) in [5.41, 5.74) is -1.14. The van der Waals surface area contributed by atoms with Gasteiger partial charge in [-0.15, -0.1) is 0 Å².